The Bertz CT molecular complexity index is 774. The number of hydrogen-bond donors (Lipinski definition) is 2. The Balaban J connectivity index is 1.98. The zero-order valence-corrected chi connectivity index (χ0v) is 13.4. The average Bonchev–Trinajstić information content (AvgIpc) is 2.48. The van der Waals surface area contributed by atoms with Gasteiger partial charge in [-0.1, -0.05) is 41.4 Å². The first-order chi connectivity index (χ1) is 10.4. The molecular formula is C15H15ClN2O3S. The molecule has 0 heterocycles. The van der Waals surface area contributed by atoms with Crippen LogP contribution in [-0.4, -0.2) is 20.9 Å². The quantitative estimate of drug-likeness (QED) is 0.879. The molecule has 0 atom stereocenters. The van der Waals surface area contributed by atoms with Crippen LogP contribution < -0.4 is 10.0 Å². The summed E-state index contributed by atoms with van der Waals surface area (Å²) in [5.41, 5.74) is 1.39. The van der Waals surface area contributed by atoms with Crippen LogP contribution in [-0.2, 0) is 14.8 Å². The van der Waals surface area contributed by atoms with E-state index < -0.39 is 15.9 Å². The van der Waals surface area contributed by atoms with Crippen molar-refractivity contribution in [2.24, 2.45) is 0 Å². The van der Waals surface area contributed by atoms with Gasteiger partial charge in [0.15, 0.2) is 0 Å². The first kappa shape index (κ1) is 16.5. The number of halogens is 1. The Kier molecular flexibility index (Phi) is 5.18. The third kappa shape index (κ3) is 4.30. The Morgan fingerprint density at radius 2 is 1.73 bits per heavy atom. The predicted octanol–water partition coefficient (Wildman–Crippen LogP) is 2.57. The van der Waals surface area contributed by atoms with Crippen LogP contribution in [0.3, 0.4) is 0 Å². The zero-order valence-electron chi connectivity index (χ0n) is 11.8. The normalized spacial score (nSPS) is 11.2. The third-order valence-electron chi connectivity index (χ3n) is 2.90. The van der Waals surface area contributed by atoms with E-state index in [-0.39, 0.29) is 11.4 Å². The van der Waals surface area contributed by atoms with E-state index in [1.54, 1.807) is 36.4 Å². The van der Waals surface area contributed by atoms with E-state index in [0.29, 0.717) is 10.7 Å². The smallest absolute Gasteiger partial charge is 0.241 e. The fourth-order valence-corrected chi connectivity index (χ4v) is 2.88. The maximum absolute atomic E-state index is 12.1. The Labute approximate surface area is 134 Å². The van der Waals surface area contributed by atoms with Crippen LogP contribution in [0.25, 0.3) is 0 Å². The largest absolute Gasteiger partial charge is 0.324 e. The van der Waals surface area contributed by atoms with Crippen molar-refractivity contribution >= 4 is 33.2 Å². The molecule has 0 fully saturated rings. The molecule has 22 heavy (non-hydrogen) atoms. The molecule has 0 saturated carbocycles. The Morgan fingerprint density at radius 1 is 1.09 bits per heavy atom. The van der Waals surface area contributed by atoms with Crippen LogP contribution in [0, 0.1) is 6.92 Å². The van der Waals surface area contributed by atoms with Crippen molar-refractivity contribution in [1.82, 2.24) is 4.72 Å². The molecule has 0 spiro atoms. The van der Waals surface area contributed by atoms with Gasteiger partial charge in [0.25, 0.3) is 0 Å². The van der Waals surface area contributed by atoms with Gasteiger partial charge >= 0.3 is 0 Å². The molecule has 2 aromatic rings. The summed E-state index contributed by atoms with van der Waals surface area (Å²) in [5, 5.41) is 2.93. The lowest BCUT2D eigenvalue weighted by Crippen LogP contribution is -2.32. The first-order valence-corrected chi connectivity index (χ1v) is 8.35. The average molecular weight is 339 g/mol. The molecule has 0 aliphatic rings. The monoisotopic (exact) mass is 338 g/mol. The fraction of sp³-hybridized carbons (Fsp3) is 0.133. The van der Waals surface area contributed by atoms with Crippen LogP contribution >= 0.6 is 11.6 Å². The number of benzene rings is 2. The molecular weight excluding hydrogens is 324 g/mol. The summed E-state index contributed by atoms with van der Waals surface area (Å²) in [5.74, 6) is -0.496. The number of rotatable bonds is 5. The summed E-state index contributed by atoms with van der Waals surface area (Å²) in [7, 11) is -3.72. The van der Waals surface area contributed by atoms with Crippen molar-refractivity contribution in [3.8, 4) is 0 Å². The van der Waals surface area contributed by atoms with Crippen LogP contribution in [0.5, 0.6) is 0 Å². The van der Waals surface area contributed by atoms with Gasteiger partial charge in [-0.25, -0.2) is 13.1 Å². The Morgan fingerprint density at radius 3 is 2.36 bits per heavy atom. The summed E-state index contributed by atoms with van der Waals surface area (Å²) < 4.78 is 26.4. The lowest BCUT2D eigenvalue weighted by Gasteiger charge is -2.09. The maximum atomic E-state index is 12.1. The van der Waals surface area contributed by atoms with E-state index in [4.69, 9.17) is 11.6 Å². The fourth-order valence-electron chi connectivity index (χ4n) is 1.72. The molecule has 1 amide bonds. The van der Waals surface area contributed by atoms with Gasteiger partial charge in [0, 0.05) is 0 Å². The summed E-state index contributed by atoms with van der Waals surface area (Å²) in [6.45, 7) is 1.49. The number of hydrogen-bond acceptors (Lipinski definition) is 3. The molecule has 2 N–H and O–H groups in total. The van der Waals surface area contributed by atoms with Crippen molar-refractivity contribution in [3.63, 3.8) is 0 Å². The van der Waals surface area contributed by atoms with Gasteiger partial charge in [-0.3, -0.25) is 4.79 Å². The minimum atomic E-state index is -3.72. The summed E-state index contributed by atoms with van der Waals surface area (Å²) >= 11 is 5.92. The standard InChI is InChI=1S/C15H15ClN2O3S/c1-11-6-8-12(9-7-11)22(20,21)17-10-15(19)18-14-5-3-2-4-13(14)16/h2-9,17H,10H2,1H3,(H,18,19). The van der Waals surface area contributed by atoms with Gasteiger partial charge in [0.05, 0.1) is 22.2 Å². The lowest BCUT2D eigenvalue weighted by atomic mass is 10.2. The van der Waals surface area contributed by atoms with Crippen molar-refractivity contribution in [2.75, 3.05) is 11.9 Å². The number of aryl methyl sites for hydroxylation is 1. The van der Waals surface area contributed by atoms with Gasteiger partial charge in [-0.2, -0.15) is 0 Å². The SMILES string of the molecule is Cc1ccc(S(=O)(=O)NCC(=O)Nc2ccccc2Cl)cc1. The number of carbonyl (C=O) groups is 1. The van der Waals surface area contributed by atoms with E-state index in [1.165, 1.54) is 12.1 Å². The topological polar surface area (TPSA) is 75.3 Å². The molecule has 0 unspecified atom stereocenters. The molecule has 116 valence electrons. The van der Waals surface area contributed by atoms with Crippen molar-refractivity contribution in [2.45, 2.75) is 11.8 Å². The minimum Gasteiger partial charge on any atom is -0.324 e. The number of carbonyl (C=O) groups excluding carboxylic acids is 1. The highest BCUT2D eigenvalue weighted by Gasteiger charge is 2.15. The highest BCUT2D eigenvalue weighted by molar-refractivity contribution is 7.89. The van der Waals surface area contributed by atoms with E-state index in [0.717, 1.165) is 5.56 Å². The highest BCUT2D eigenvalue weighted by Crippen LogP contribution is 2.20. The summed E-state index contributed by atoms with van der Waals surface area (Å²) in [6, 6.07) is 13.1. The van der Waals surface area contributed by atoms with E-state index in [2.05, 4.69) is 10.0 Å². The Hall–Kier alpha value is -1.89. The van der Waals surface area contributed by atoms with Crippen LogP contribution in [0.1, 0.15) is 5.56 Å². The lowest BCUT2D eigenvalue weighted by molar-refractivity contribution is -0.115. The van der Waals surface area contributed by atoms with E-state index >= 15 is 0 Å². The molecule has 2 rings (SSSR count). The number of para-hydroxylation sites is 1. The van der Waals surface area contributed by atoms with Crippen LogP contribution in [0.4, 0.5) is 5.69 Å². The third-order valence-corrected chi connectivity index (χ3v) is 4.65. The van der Waals surface area contributed by atoms with Gasteiger partial charge in [-0.15, -0.1) is 0 Å². The van der Waals surface area contributed by atoms with Gasteiger partial charge in [0.2, 0.25) is 15.9 Å². The molecule has 0 radical (unpaired) electrons. The zero-order chi connectivity index (χ0) is 16.2. The number of amides is 1. The second-order valence-corrected chi connectivity index (χ2v) is 6.84. The minimum absolute atomic E-state index is 0.114. The molecule has 0 aliphatic heterocycles. The number of anilines is 1. The summed E-state index contributed by atoms with van der Waals surface area (Å²) in [6.07, 6.45) is 0. The highest BCUT2D eigenvalue weighted by atomic mass is 35.5. The van der Waals surface area contributed by atoms with E-state index in [9.17, 15) is 13.2 Å². The molecule has 5 nitrogen and oxygen atoms in total. The maximum Gasteiger partial charge on any atom is 0.241 e. The molecule has 0 bridgehead atoms. The molecule has 7 heteroatoms. The summed E-state index contributed by atoms with van der Waals surface area (Å²) in [4.78, 5) is 11.9. The van der Waals surface area contributed by atoms with E-state index in [1.807, 2.05) is 6.92 Å². The number of nitrogens with one attached hydrogen (secondary N) is 2. The first-order valence-electron chi connectivity index (χ1n) is 6.49. The van der Waals surface area contributed by atoms with Crippen molar-refractivity contribution in [3.05, 3.63) is 59.1 Å². The second-order valence-electron chi connectivity index (χ2n) is 4.67. The molecule has 0 saturated heterocycles. The predicted molar refractivity (Wildman–Crippen MR) is 86.4 cm³/mol. The van der Waals surface area contributed by atoms with Gasteiger partial charge < -0.3 is 5.32 Å². The van der Waals surface area contributed by atoms with Crippen LogP contribution in [0.15, 0.2) is 53.4 Å². The molecule has 2 aromatic carbocycles. The van der Waals surface area contributed by atoms with Crippen molar-refractivity contribution < 1.29 is 13.2 Å². The molecule has 0 aliphatic carbocycles. The number of sulfonamides is 1. The van der Waals surface area contributed by atoms with Crippen molar-refractivity contribution in [1.29, 1.82) is 0 Å². The van der Waals surface area contributed by atoms with Gasteiger partial charge in [-0.05, 0) is 31.2 Å². The molecule has 0 aromatic heterocycles. The second kappa shape index (κ2) is 6.91. The van der Waals surface area contributed by atoms with Gasteiger partial charge in [0.1, 0.15) is 0 Å². The van der Waals surface area contributed by atoms with Crippen LogP contribution in [0.2, 0.25) is 5.02 Å².